The minimum absolute atomic E-state index is 0.144. The van der Waals surface area contributed by atoms with Gasteiger partial charge < -0.3 is 18.5 Å². The van der Waals surface area contributed by atoms with Crippen molar-refractivity contribution in [2.24, 2.45) is 0 Å². The summed E-state index contributed by atoms with van der Waals surface area (Å²) in [6.45, 7) is 0.252. The van der Waals surface area contributed by atoms with Gasteiger partial charge in [-0.1, -0.05) is 18.2 Å². The van der Waals surface area contributed by atoms with Gasteiger partial charge in [-0.3, -0.25) is 14.3 Å². The molecule has 1 N–H and O–H groups in total. The summed E-state index contributed by atoms with van der Waals surface area (Å²) in [5.74, 6) is 0. The van der Waals surface area contributed by atoms with Gasteiger partial charge in [-0.2, -0.15) is 0 Å². The third kappa shape index (κ3) is 2.81. The van der Waals surface area contributed by atoms with E-state index in [1.165, 1.54) is 11.8 Å². The van der Waals surface area contributed by atoms with Crippen molar-refractivity contribution in [1.29, 1.82) is 0 Å². The van der Waals surface area contributed by atoms with E-state index in [-0.39, 0.29) is 12.9 Å². The van der Waals surface area contributed by atoms with Crippen LogP contribution in [0.5, 0.6) is 0 Å². The zero-order valence-electron chi connectivity index (χ0n) is 15.7. The van der Waals surface area contributed by atoms with Crippen LogP contribution in [0, 0.1) is 0 Å². The number of fused-ring (bicyclic) bond motifs is 3. The molecule has 0 bridgehead atoms. The van der Waals surface area contributed by atoms with E-state index in [4.69, 9.17) is 15.2 Å². The molecule has 4 unspecified atom stereocenters. The molecule has 2 aromatic rings. The van der Waals surface area contributed by atoms with Crippen molar-refractivity contribution in [3.05, 3.63) is 62.9 Å². The fourth-order valence-corrected chi connectivity index (χ4v) is 5.70. The zero-order chi connectivity index (χ0) is 20.1. The molecular weight excluding hydrogens is 388 g/mol. The van der Waals surface area contributed by atoms with Gasteiger partial charge in [0.15, 0.2) is 12.4 Å². The van der Waals surface area contributed by atoms with Crippen molar-refractivity contribution >= 4 is 14.2 Å². The third-order valence-electron chi connectivity index (χ3n) is 5.20. The van der Waals surface area contributed by atoms with Crippen LogP contribution in [0.4, 0.5) is 10.1 Å². The summed E-state index contributed by atoms with van der Waals surface area (Å²) in [7, 11) is -1.56. The zero-order valence-corrected chi connectivity index (χ0v) is 15.6. The Balaban J connectivity index is 1.39. The SMILES string of the molecule is [2H]CC1OC(n2ccc(=O)[nH]c2=O)C(F)C1O[P@@]1OC[C@H]2Cc3ccccc3N21. The molecule has 3 aliphatic heterocycles. The summed E-state index contributed by atoms with van der Waals surface area (Å²) in [5.41, 5.74) is 0.870. The van der Waals surface area contributed by atoms with Crippen LogP contribution in [0.1, 0.15) is 20.1 Å². The lowest BCUT2D eigenvalue weighted by atomic mass is 10.1. The standard InChI is InChI=1S/C18H19FN3O5P/c1-10-16(15(19)17(26-10)21-7-6-14(23)20-18(21)24)27-28-22-12(9-25-28)8-11-4-2-3-5-13(11)22/h2-7,10,12,15-17H,8-9H2,1H3,(H,20,23,24)/t10?,12-,15?,16?,17?,28-/m1/s1/i1D. The molecular formula is C18H19FN3O5P. The summed E-state index contributed by atoms with van der Waals surface area (Å²) in [5, 5.41) is 0. The lowest BCUT2D eigenvalue weighted by molar-refractivity contribution is -0.0175. The minimum Gasteiger partial charge on any atom is -0.349 e. The molecule has 1 aromatic heterocycles. The van der Waals surface area contributed by atoms with E-state index in [1.807, 2.05) is 18.2 Å². The molecule has 28 heavy (non-hydrogen) atoms. The van der Waals surface area contributed by atoms with Crippen LogP contribution >= 0.6 is 8.53 Å². The van der Waals surface area contributed by atoms with Crippen LogP contribution in [0.15, 0.2) is 46.1 Å². The monoisotopic (exact) mass is 408 g/mol. The lowest BCUT2D eigenvalue weighted by Gasteiger charge is -2.27. The first kappa shape index (κ1) is 16.9. The van der Waals surface area contributed by atoms with E-state index in [0.29, 0.717) is 6.61 Å². The Morgan fingerprint density at radius 3 is 3.04 bits per heavy atom. The molecule has 0 spiro atoms. The highest BCUT2D eigenvalue weighted by molar-refractivity contribution is 7.49. The predicted molar refractivity (Wildman–Crippen MR) is 100.0 cm³/mol. The first-order valence-corrected chi connectivity index (χ1v) is 10.1. The Morgan fingerprint density at radius 2 is 2.21 bits per heavy atom. The number of rotatable bonds is 3. The molecule has 2 saturated heterocycles. The van der Waals surface area contributed by atoms with Crippen molar-refractivity contribution in [2.75, 3.05) is 11.3 Å². The maximum atomic E-state index is 15.3. The van der Waals surface area contributed by atoms with Crippen LogP contribution in [0.25, 0.3) is 0 Å². The molecule has 0 amide bonds. The van der Waals surface area contributed by atoms with E-state index in [1.54, 1.807) is 0 Å². The second-order valence-electron chi connectivity index (χ2n) is 6.96. The summed E-state index contributed by atoms with van der Waals surface area (Å²) < 4.78 is 43.6. The molecule has 0 saturated carbocycles. The van der Waals surface area contributed by atoms with Crippen LogP contribution in [0.2, 0.25) is 0 Å². The molecule has 10 heteroatoms. The second kappa shape index (κ2) is 6.77. The number of benzene rings is 1. The smallest absolute Gasteiger partial charge is 0.330 e. The highest BCUT2D eigenvalue weighted by atomic mass is 31.2. The maximum Gasteiger partial charge on any atom is 0.330 e. The third-order valence-corrected chi connectivity index (χ3v) is 6.88. The summed E-state index contributed by atoms with van der Waals surface area (Å²) in [6, 6.07) is 9.24. The largest absolute Gasteiger partial charge is 0.349 e. The molecule has 6 atom stereocenters. The van der Waals surface area contributed by atoms with E-state index < -0.39 is 44.4 Å². The number of ether oxygens (including phenoxy) is 1. The number of anilines is 1. The summed E-state index contributed by atoms with van der Waals surface area (Å²) in [4.78, 5) is 25.4. The summed E-state index contributed by atoms with van der Waals surface area (Å²) >= 11 is 0. The Bertz CT molecular complexity index is 1030. The normalized spacial score (nSPS) is 34.3. The Labute approximate surface area is 162 Å². The first-order chi connectivity index (χ1) is 14.1. The number of hydrogen-bond donors (Lipinski definition) is 1. The highest BCUT2D eigenvalue weighted by Crippen LogP contribution is 2.58. The number of hydrogen-bond acceptors (Lipinski definition) is 6. The van der Waals surface area contributed by atoms with Crippen LogP contribution in [-0.2, 0) is 20.2 Å². The van der Waals surface area contributed by atoms with E-state index in [9.17, 15) is 9.59 Å². The molecule has 1 aromatic carbocycles. The minimum atomic E-state index is -1.70. The van der Waals surface area contributed by atoms with Crippen molar-refractivity contribution in [2.45, 2.75) is 44.0 Å². The van der Waals surface area contributed by atoms with Gasteiger partial charge in [-0.25, -0.2) is 9.18 Å². The Morgan fingerprint density at radius 1 is 1.36 bits per heavy atom. The number of halogens is 1. The number of aromatic nitrogens is 2. The number of nitrogens with zero attached hydrogens (tertiary/aromatic N) is 2. The first-order valence-electron chi connectivity index (χ1n) is 9.64. The van der Waals surface area contributed by atoms with Gasteiger partial charge in [0.25, 0.3) is 14.1 Å². The molecule has 2 fully saturated rings. The Kier molecular flexibility index (Phi) is 4.08. The van der Waals surface area contributed by atoms with Gasteiger partial charge >= 0.3 is 5.69 Å². The number of H-pyrrole nitrogens is 1. The lowest BCUT2D eigenvalue weighted by Crippen LogP contribution is -2.36. The van der Waals surface area contributed by atoms with Gasteiger partial charge in [-0.05, 0) is 25.0 Å². The maximum absolute atomic E-state index is 15.3. The predicted octanol–water partition coefficient (Wildman–Crippen LogP) is 1.87. The number of aromatic amines is 1. The molecule has 3 aliphatic rings. The van der Waals surface area contributed by atoms with Gasteiger partial charge in [0, 0.05) is 19.3 Å². The number of alkyl halides is 1. The average molecular weight is 408 g/mol. The van der Waals surface area contributed by atoms with Crippen LogP contribution in [0.3, 0.4) is 0 Å². The Hall–Kier alpha value is -2.06. The fraction of sp³-hybridized carbons (Fsp3) is 0.444. The van der Waals surface area contributed by atoms with E-state index >= 15 is 4.39 Å². The molecule has 5 rings (SSSR count). The van der Waals surface area contributed by atoms with Gasteiger partial charge in [0.1, 0.15) is 6.10 Å². The van der Waals surface area contributed by atoms with Crippen molar-refractivity contribution in [1.82, 2.24) is 9.55 Å². The van der Waals surface area contributed by atoms with Crippen LogP contribution < -0.4 is 15.9 Å². The molecule has 0 radical (unpaired) electrons. The molecule has 148 valence electrons. The van der Waals surface area contributed by atoms with Crippen molar-refractivity contribution in [3.63, 3.8) is 0 Å². The number of nitrogens with one attached hydrogen (secondary N) is 1. The van der Waals surface area contributed by atoms with Crippen molar-refractivity contribution in [3.8, 4) is 0 Å². The molecule has 4 heterocycles. The van der Waals surface area contributed by atoms with Crippen LogP contribution in [-0.4, -0.2) is 40.6 Å². The highest BCUT2D eigenvalue weighted by Gasteiger charge is 2.50. The van der Waals surface area contributed by atoms with E-state index in [2.05, 4.69) is 15.7 Å². The quantitative estimate of drug-likeness (QED) is 0.781. The van der Waals surface area contributed by atoms with Gasteiger partial charge in [-0.15, -0.1) is 0 Å². The second-order valence-corrected chi connectivity index (χ2v) is 8.34. The topological polar surface area (TPSA) is 85.8 Å². The van der Waals surface area contributed by atoms with Gasteiger partial charge in [0.05, 0.1) is 18.8 Å². The van der Waals surface area contributed by atoms with E-state index in [0.717, 1.165) is 22.7 Å². The van der Waals surface area contributed by atoms with Crippen molar-refractivity contribution < 1.29 is 19.5 Å². The van der Waals surface area contributed by atoms with Gasteiger partial charge in [0.2, 0.25) is 0 Å². The molecule has 0 aliphatic carbocycles. The summed E-state index contributed by atoms with van der Waals surface area (Å²) in [6.07, 6.45) is -2.87. The fourth-order valence-electron chi connectivity index (χ4n) is 3.86. The average Bonchev–Trinajstić information content (AvgIpc) is 3.36. The number of para-hydroxylation sites is 1. The molecule has 8 nitrogen and oxygen atoms in total.